The Hall–Kier alpha value is -0.830. The maximum absolute atomic E-state index is 10.3. The van der Waals surface area contributed by atoms with Gasteiger partial charge in [-0.3, -0.25) is 4.89 Å². The first kappa shape index (κ1) is 7.17. The molecule has 0 aliphatic rings. The second-order valence-electron chi connectivity index (χ2n) is 1.32. The minimum atomic E-state index is -0.535. The van der Waals surface area contributed by atoms with Crippen molar-refractivity contribution in [3.05, 3.63) is 12.2 Å². The molecule has 0 amide bonds. The molecule has 0 heterocycles. The Kier molecular flexibility index (Phi) is 2.88. The Morgan fingerprint density at radius 3 is 2.25 bits per heavy atom. The highest BCUT2D eigenvalue weighted by atomic mass is 17.2. The predicted molar refractivity (Wildman–Crippen MR) is 27.9 cm³/mol. The fourth-order valence-corrected chi connectivity index (χ4v) is 0.147. The van der Waals surface area contributed by atoms with Crippen molar-refractivity contribution in [1.82, 2.24) is 0 Å². The van der Waals surface area contributed by atoms with Crippen LogP contribution in [-0.2, 0) is 14.6 Å². The van der Waals surface area contributed by atoms with Gasteiger partial charge in [0.25, 0.3) is 0 Å². The van der Waals surface area contributed by atoms with E-state index in [0.29, 0.717) is 5.57 Å². The summed E-state index contributed by atoms with van der Waals surface area (Å²) in [5.41, 5.74) is 0.326. The van der Waals surface area contributed by atoms with Gasteiger partial charge in [-0.1, -0.05) is 6.58 Å². The Labute approximate surface area is 47.8 Å². The van der Waals surface area contributed by atoms with Gasteiger partial charge in [-0.2, -0.15) is 4.89 Å². The van der Waals surface area contributed by atoms with Crippen LogP contribution >= 0.6 is 0 Å². The SMILES string of the molecule is C=C(C)C(=O)OOC. The van der Waals surface area contributed by atoms with Crippen molar-refractivity contribution in [1.29, 1.82) is 0 Å². The number of rotatable bonds is 2. The monoisotopic (exact) mass is 116 g/mol. The van der Waals surface area contributed by atoms with Crippen molar-refractivity contribution in [2.24, 2.45) is 0 Å². The number of hydrogen-bond acceptors (Lipinski definition) is 3. The molecule has 0 saturated carbocycles. The van der Waals surface area contributed by atoms with Gasteiger partial charge in [0.2, 0.25) is 0 Å². The normalized spacial score (nSPS) is 8.25. The maximum atomic E-state index is 10.3. The summed E-state index contributed by atoms with van der Waals surface area (Å²) in [4.78, 5) is 18.4. The Bertz CT molecular complexity index is 106. The van der Waals surface area contributed by atoms with Crippen LogP contribution in [-0.4, -0.2) is 13.1 Å². The molecular formula is C5H8O3. The van der Waals surface area contributed by atoms with Crippen LogP contribution in [0.2, 0.25) is 0 Å². The molecule has 0 bridgehead atoms. The summed E-state index contributed by atoms with van der Waals surface area (Å²) in [6.07, 6.45) is 0. The predicted octanol–water partition coefficient (Wildman–Crippen LogP) is 0.667. The van der Waals surface area contributed by atoms with Crippen molar-refractivity contribution < 1.29 is 14.6 Å². The van der Waals surface area contributed by atoms with Crippen LogP contribution in [0.3, 0.4) is 0 Å². The third-order valence-electron chi connectivity index (χ3n) is 0.507. The van der Waals surface area contributed by atoms with Crippen molar-refractivity contribution in [2.45, 2.75) is 6.92 Å². The van der Waals surface area contributed by atoms with E-state index >= 15 is 0 Å². The van der Waals surface area contributed by atoms with Gasteiger partial charge in [0.15, 0.2) is 0 Å². The summed E-state index contributed by atoms with van der Waals surface area (Å²) in [5, 5.41) is 0. The topological polar surface area (TPSA) is 35.5 Å². The molecule has 0 spiro atoms. The average Bonchev–Trinajstić information content (AvgIpc) is 1.67. The highest BCUT2D eigenvalue weighted by molar-refractivity contribution is 5.86. The van der Waals surface area contributed by atoms with Crippen molar-refractivity contribution in [2.75, 3.05) is 7.11 Å². The molecule has 0 rings (SSSR count). The summed E-state index contributed by atoms with van der Waals surface area (Å²) in [5.74, 6) is -0.535. The van der Waals surface area contributed by atoms with E-state index in [-0.39, 0.29) is 0 Å². The van der Waals surface area contributed by atoms with Crippen molar-refractivity contribution in [3.8, 4) is 0 Å². The van der Waals surface area contributed by atoms with Gasteiger partial charge in [0, 0.05) is 5.57 Å². The smallest absolute Gasteiger partial charge is 0.294 e. The van der Waals surface area contributed by atoms with Gasteiger partial charge in [0.1, 0.15) is 0 Å². The van der Waals surface area contributed by atoms with Crippen LogP contribution in [0.4, 0.5) is 0 Å². The highest BCUT2D eigenvalue weighted by Crippen LogP contribution is 1.89. The van der Waals surface area contributed by atoms with Crippen LogP contribution in [0.5, 0.6) is 0 Å². The number of carbonyl (C=O) groups excluding carboxylic acids is 1. The molecule has 0 saturated heterocycles. The van der Waals surface area contributed by atoms with E-state index in [2.05, 4.69) is 16.4 Å². The lowest BCUT2D eigenvalue weighted by Gasteiger charge is -1.94. The van der Waals surface area contributed by atoms with E-state index in [1.54, 1.807) is 6.92 Å². The van der Waals surface area contributed by atoms with E-state index in [4.69, 9.17) is 0 Å². The Balaban J connectivity index is 3.49. The van der Waals surface area contributed by atoms with Gasteiger partial charge >= 0.3 is 5.97 Å². The van der Waals surface area contributed by atoms with E-state index in [1.807, 2.05) is 0 Å². The second-order valence-corrected chi connectivity index (χ2v) is 1.32. The zero-order valence-electron chi connectivity index (χ0n) is 4.93. The molecule has 0 aliphatic heterocycles. The quantitative estimate of drug-likeness (QED) is 0.302. The molecule has 0 aromatic heterocycles. The highest BCUT2D eigenvalue weighted by Gasteiger charge is 2.00. The lowest BCUT2D eigenvalue weighted by atomic mass is 10.4. The van der Waals surface area contributed by atoms with Gasteiger partial charge in [-0.15, -0.1) is 0 Å². The van der Waals surface area contributed by atoms with Crippen molar-refractivity contribution >= 4 is 5.97 Å². The van der Waals surface area contributed by atoms with E-state index in [1.165, 1.54) is 7.11 Å². The summed E-state index contributed by atoms with van der Waals surface area (Å²) < 4.78 is 0. The zero-order valence-corrected chi connectivity index (χ0v) is 4.93. The summed E-state index contributed by atoms with van der Waals surface area (Å²) >= 11 is 0. The molecule has 0 aliphatic carbocycles. The van der Waals surface area contributed by atoms with E-state index in [9.17, 15) is 4.79 Å². The van der Waals surface area contributed by atoms with Crippen LogP contribution < -0.4 is 0 Å². The summed E-state index contributed by atoms with van der Waals surface area (Å²) in [6, 6.07) is 0. The molecule has 0 aromatic rings. The third kappa shape index (κ3) is 2.36. The lowest BCUT2D eigenvalue weighted by molar-refractivity contribution is -0.250. The lowest BCUT2D eigenvalue weighted by Crippen LogP contribution is -2.02. The molecule has 3 nitrogen and oxygen atoms in total. The summed E-state index contributed by atoms with van der Waals surface area (Å²) in [6.45, 7) is 4.86. The van der Waals surface area contributed by atoms with E-state index < -0.39 is 5.97 Å². The maximum Gasteiger partial charge on any atom is 0.368 e. The summed E-state index contributed by atoms with van der Waals surface area (Å²) in [7, 11) is 1.26. The third-order valence-corrected chi connectivity index (χ3v) is 0.507. The molecule has 46 valence electrons. The first-order chi connectivity index (χ1) is 3.68. The van der Waals surface area contributed by atoms with Gasteiger partial charge < -0.3 is 0 Å². The second kappa shape index (κ2) is 3.21. The van der Waals surface area contributed by atoms with Crippen LogP contribution in [0.1, 0.15) is 6.92 Å². The average molecular weight is 116 g/mol. The fraction of sp³-hybridized carbons (Fsp3) is 0.400. The first-order valence-corrected chi connectivity index (χ1v) is 2.09. The Morgan fingerprint density at radius 2 is 2.12 bits per heavy atom. The van der Waals surface area contributed by atoms with Crippen molar-refractivity contribution in [3.63, 3.8) is 0 Å². The molecule has 0 aromatic carbocycles. The molecule has 0 fully saturated rings. The fourth-order valence-electron chi connectivity index (χ4n) is 0.147. The minimum absolute atomic E-state index is 0.326. The Morgan fingerprint density at radius 1 is 1.62 bits per heavy atom. The van der Waals surface area contributed by atoms with Crippen LogP contribution in [0, 0.1) is 0 Å². The standard InChI is InChI=1S/C5H8O3/c1-4(2)5(6)8-7-3/h1H2,2-3H3. The molecular weight excluding hydrogens is 108 g/mol. The molecule has 0 radical (unpaired) electrons. The molecule has 0 atom stereocenters. The van der Waals surface area contributed by atoms with Gasteiger partial charge in [0.05, 0.1) is 7.11 Å². The number of hydrogen-bond donors (Lipinski definition) is 0. The van der Waals surface area contributed by atoms with Gasteiger partial charge in [-0.25, -0.2) is 4.79 Å². The minimum Gasteiger partial charge on any atom is -0.294 e. The van der Waals surface area contributed by atoms with Gasteiger partial charge in [-0.05, 0) is 6.92 Å². The zero-order chi connectivity index (χ0) is 6.57. The van der Waals surface area contributed by atoms with Crippen LogP contribution in [0.15, 0.2) is 12.2 Å². The molecule has 8 heavy (non-hydrogen) atoms. The molecule has 0 unspecified atom stereocenters. The largest absolute Gasteiger partial charge is 0.368 e. The van der Waals surface area contributed by atoms with E-state index in [0.717, 1.165) is 0 Å². The number of carbonyl (C=O) groups is 1. The first-order valence-electron chi connectivity index (χ1n) is 2.09. The van der Waals surface area contributed by atoms with Crippen LogP contribution in [0.25, 0.3) is 0 Å². The molecule has 3 heteroatoms. The molecule has 0 N–H and O–H groups in total.